The second-order valence-electron chi connectivity index (χ2n) is 7.29. The number of hydrogen-bond acceptors (Lipinski definition) is 6. The van der Waals surface area contributed by atoms with E-state index in [1.54, 1.807) is 22.7 Å². The maximum atomic E-state index is 12.9. The lowest BCUT2D eigenvalue weighted by molar-refractivity contribution is 0.0924. The highest BCUT2D eigenvalue weighted by molar-refractivity contribution is 7.15. The van der Waals surface area contributed by atoms with Gasteiger partial charge in [0.25, 0.3) is 5.56 Å². The van der Waals surface area contributed by atoms with Crippen LogP contribution >= 0.6 is 22.9 Å². The van der Waals surface area contributed by atoms with Crippen LogP contribution in [0.15, 0.2) is 57.7 Å². The SMILES string of the molecule is CCN(CC)c1ccc(-c2cn3c(=O)/c(=C/C4=CC(Cl)=C(O)C(OC)C4)sc3n2)cc1. The molecule has 0 fully saturated rings. The summed E-state index contributed by atoms with van der Waals surface area (Å²) in [6, 6.07) is 8.25. The van der Waals surface area contributed by atoms with Gasteiger partial charge in [-0.2, -0.15) is 0 Å². The Morgan fingerprint density at radius 2 is 2.03 bits per heavy atom. The first kappa shape index (κ1) is 21.6. The lowest BCUT2D eigenvalue weighted by Gasteiger charge is -2.20. The number of aromatic nitrogens is 2. The van der Waals surface area contributed by atoms with Crippen LogP contribution in [0.1, 0.15) is 20.3 Å². The van der Waals surface area contributed by atoms with Gasteiger partial charge >= 0.3 is 0 Å². The number of thiazole rings is 1. The first-order valence-corrected chi connectivity index (χ1v) is 11.4. The summed E-state index contributed by atoms with van der Waals surface area (Å²) < 4.78 is 7.42. The van der Waals surface area contributed by atoms with Crippen molar-refractivity contribution in [1.29, 1.82) is 0 Å². The van der Waals surface area contributed by atoms with Gasteiger partial charge in [0.1, 0.15) is 11.9 Å². The Kier molecular flexibility index (Phi) is 6.18. The number of allylic oxidation sites excluding steroid dienone is 2. The summed E-state index contributed by atoms with van der Waals surface area (Å²) in [5, 5.41) is 10.2. The summed E-state index contributed by atoms with van der Waals surface area (Å²) in [5.41, 5.74) is 3.62. The molecule has 0 spiro atoms. The van der Waals surface area contributed by atoms with Crippen molar-refractivity contribution < 1.29 is 9.84 Å². The summed E-state index contributed by atoms with van der Waals surface area (Å²) in [7, 11) is 1.52. The standard InChI is InChI=1S/C23H24ClN3O3S/c1-4-26(5-2)16-8-6-15(7-9-16)18-13-27-22(29)20(31-23(27)25-18)12-14-10-17(24)21(28)19(11-14)30-3/h6-10,12-13,19,28H,4-5,11H2,1-3H3/b20-12-. The van der Waals surface area contributed by atoms with Crippen LogP contribution in [-0.4, -0.2) is 40.8 Å². The molecule has 1 aliphatic rings. The van der Waals surface area contributed by atoms with Gasteiger partial charge in [0.15, 0.2) is 4.96 Å². The topological polar surface area (TPSA) is 67.1 Å². The summed E-state index contributed by atoms with van der Waals surface area (Å²) in [6.45, 7) is 6.18. The van der Waals surface area contributed by atoms with Crippen molar-refractivity contribution >= 4 is 39.7 Å². The fourth-order valence-corrected chi connectivity index (χ4v) is 4.96. The molecule has 0 saturated heterocycles. The predicted molar refractivity (Wildman–Crippen MR) is 127 cm³/mol. The number of aliphatic hydroxyl groups is 1. The number of aliphatic hydroxyl groups excluding tert-OH is 1. The van der Waals surface area contributed by atoms with Gasteiger partial charge in [0.05, 0.1) is 15.3 Å². The minimum atomic E-state index is -0.506. The number of nitrogens with zero attached hydrogens (tertiary/aromatic N) is 3. The Bertz CT molecular complexity index is 1270. The van der Waals surface area contributed by atoms with Gasteiger partial charge in [-0.25, -0.2) is 4.98 Å². The number of hydrogen-bond donors (Lipinski definition) is 1. The molecule has 1 atom stereocenters. The summed E-state index contributed by atoms with van der Waals surface area (Å²) in [4.78, 5) is 20.5. The molecule has 4 rings (SSSR count). The van der Waals surface area contributed by atoms with E-state index >= 15 is 0 Å². The molecule has 0 radical (unpaired) electrons. The molecule has 8 heteroatoms. The molecule has 0 aliphatic heterocycles. The maximum Gasteiger partial charge on any atom is 0.274 e. The molecule has 0 saturated carbocycles. The van der Waals surface area contributed by atoms with Crippen LogP contribution in [0.2, 0.25) is 0 Å². The molecule has 6 nitrogen and oxygen atoms in total. The molecular formula is C23H24ClN3O3S. The van der Waals surface area contributed by atoms with Gasteiger partial charge in [-0.1, -0.05) is 35.1 Å². The molecule has 1 aromatic carbocycles. The third kappa shape index (κ3) is 4.13. The molecule has 2 aromatic heterocycles. The third-order valence-corrected chi connectivity index (χ3v) is 6.77. The molecule has 1 unspecified atom stereocenters. The first-order chi connectivity index (χ1) is 14.9. The summed E-state index contributed by atoms with van der Waals surface area (Å²) >= 11 is 7.43. The number of halogens is 1. The second kappa shape index (κ2) is 8.86. The molecule has 31 heavy (non-hydrogen) atoms. The number of methoxy groups -OCH3 is 1. The predicted octanol–water partition coefficient (Wildman–Crippen LogP) is 4.12. The highest BCUT2D eigenvalue weighted by Crippen LogP contribution is 2.28. The molecule has 1 N–H and O–H groups in total. The Morgan fingerprint density at radius 3 is 2.65 bits per heavy atom. The minimum Gasteiger partial charge on any atom is -0.508 e. The molecule has 0 bridgehead atoms. The zero-order valence-corrected chi connectivity index (χ0v) is 19.2. The van der Waals surface area contributed by atoms with E-state index in [1.807, 2.05) is 12.1 Å². The number of anilines is 1. The van der Waals surface area contributed by atoms with Gasteiger partial charge in [0, 0.05) is 44.1 Å². The molecule has 3 aromatic rings. The van der Waals surface area contributed by atoms with Crippen LogP contribution in [0.25, 0.3) is 22.3 Å². The van der Waals surface area contributed by atoms with Gasteiger partial charge < -0.3 is 14.7 Å². The quantitative estimate of drug-likeness (QED) is 0.603. The summed E-state index contributed by atoms with van der Waals surface area (Å²) in [6.07, 6.45) is 5.18. The van der Waals surface area contributed by atoms with Crippen LogP contribution in [0, 0.1) is 0 Å². The van der Waals surface area contributed by atoms with Crippen LogP contribution in [0.5, 0.6) is 0 Å². The van der Waals surface area contributed by atoms with Crippen molar-refractivity contribution in [2.45, 2.75) is 26.4 Å². The van der Waals surface area contributed by atoms with Crippen LogP contribution in [-0.2, 0) is 4.74 Å². The van der Waals surface area contributed by atoms with E-state index in [0.29, 0.717) is 15.9 Å². The van der Waals surface area contributed by atoms with E-state index in [-0.39, 0.29) is 16.4 Å². The Labute approximate surface area is 189 Å². The molecule has 162 valence electrons. The molecule has 1 aliphatic carbocycles. The van der Waals surface area contributed by atoms with Crippen molar-refractivity contribution in [1.82, 2.24) is 9.38 Å². The van der Waals surface area contributed by atoms with E-state index in [4.69, 9.17) is 16.3 Å². The van der Waals surface area contributed by atoms with Crippen LogP contribution < -0.4 is 15.0 Å². The van der Waals surface area contributed by atoms with Crippen LogP contribution in [0.3, 0.4) is 0 Å². The second-order valence-corrected chi connectivity index (χ2v) is 8.71. The van der Waals surface area contributed by atoms with E-state index in [1.165, 1.54) is 24.1 Å². The monoisotopic (exact) mass is 457 g/mol. The van der Waals surface area contributed by atoms with E-state index in [9.17, 15) is 9.90 Å². The lowest BCUT2D eigenvalue weighted by Crippen LogP contribution is -2.24. The Balaban J connectivity index is 1.66. The molecule has 0 amide bonds. The third-order valence-electron chi connectivity index (χ3n) is 5.48. The maximum absolute atomic E-state index is 12.9. The van der Waals surface area contributed by atoms with Gasteiger partial charge in [-0.05, 0) is 43.7 Å². The van der Waals surface area contributed by atoms with Crippen molar-refractivity contribution in [3.63, 3.8) is 0 Å². The van der Waals surface area contributed by atoms with E-state index in [0.717, 1.165) is 29.9 Å². The van der Waals surface area contributed by atoms with Gasteiger partial charge in [-0.3, -0.25) is 9.20 Å². The summed E-state index contributed by atoms with van der Waals surface area (Å²) in [5.74, 6) is 0.0151. The number of fused-ring (bicyclic) bond motifs is 1. The highest BCUT2D eigenvalue weighted by Gasteiger charge is 2.22. The minimum absolute atomic E-state index is 0.0151. The fourth-order valence-electron chi connectivity index (χ4n) is 3.73. The number of imidazole rings is 1. The highest BCUT2D eigenvalue weighted by atomic mass is 35.5. The number of ether oxygens (including phenoxy) is 1. The first-order valence-electron chi connectivity index (χ1n) is 10.2. The van der Waals surface area contributed by atoms with Crippen molar-refractivity contribution in [2.24, 2.45) is 0 Å². The average Bonchev–Trinajstić information content (AvgIpc) is 3.31. The Morgan fingerprint density at radius 1 is 1.32 bits per heavy atom. The Hall–Kier alpha value is -2.61. The van der Waals surface area contributed by atoms with E-state index < -0.39 is 6.10 Å². The van der Waals surface area contributed by atoms with Crippen molar-refractivity contribution in [2.75, 3.05) is 25.1 Å². The normalized spacial score (nSPS) is 17.5. The van der Waals surface area contributed by atoms with Crippen molar-refractivity contribution in [3.05, 3.63) is 67.8 Å². The molecule has 2 heterocycles. The fraction of sp³-hybridized carbons (Fsp3) is 0.304. The smallest absolute Gasteiger partial charge is 0.274 e. The molecular weight excluding hydrogens is 434 g/mol. The lowest BCUT2D eigenvalue weighted by atomic mass is 10.0. The average molecular weight is 458 g/mol. The van der Waals surface area contributed by atoms with Crippen LogP contribution in [0.4, 0.5) is 5.69 Å². The zero-order chi connectivity index (χ0) is 22.1. The van der Waals surface area contributed by atoms with Gasteiger partial charge in [0.2, 0.25) is 0 Å². The largest absolute Gasteiger partial charge is 0.508 e. The number of rotatable bonds is 6. The number of benzene rings is 1. The van der Waals surface area contributed by atoms with Gasteiger partial charge in [-0.15, -0.1) is 0 Å². The van der Waals surface area contributed by atoms with E-state index in [2.05, 4.69) is 35.9 Å². The van der Waals surface area contributed by atoms with Crippen molar-refractivity contribution in [3.8, 4) is 11.3 Å². The zero-order valence-electron chi connectivity index (χ0n) is 17.6.